The van der Waals surface area contributed by atoms with E-state index < -0.39 is 18.1 Å². The van der Waals surface area contributed by atoms with Crippen LogP contribution in [0.15, 0.2) is 12.7 Å². The number of hydrogen-bond acceptors (Lipinski definition) is 3. The number of likely N-dealkylation sites (N-methyl/N-ethyl adjacent to an activating group) is 1. The molecule has 0 aliphatic rings. The van der Waals surface area contributed by atoms with E-state index in [1.807, 2.05) is 0 Å². The largest absolute Gasteiger partial charge is 0.480 e. The number of aliphatic hydroxyl groups is 1. The van der Waals surface area contributed by atoms with Crippen LogP contribution in [0, 0.1) is 0 Å². The molecule has 0 spiro atoms. The third-order valence-corrected chi connectivity index (χ3v) is 1.47. The van der Waals surface area contributed by atoms with Gasteiger partial charge in [-0.25, -0.2) is 4.79 Å². The number of aliphatic carboxylic acids is 1. The standard InChI is InChI=1S/C7H13NO3/c1-3-7(5-9,6(10)11)8-4-2/h3,8-9H,1,4-5H2,2H3,(H,10,11)/t7-/m1/s1. The minimum absolute atomic E-state index is 0.471. The zero-order valence-corrected chi connectivity index (χ0v) is 6.50. The van der Waals surface area contributed by atoms with E-state index in [-0.39, 0.29) is 0 Å². The van der Waals surface area contributed by atoms with Crippen LogP contribution in [0.2, 0.25) is 0 Å². The van der Waals surface area contributed by atoms with Gasteiger partial charge in [0.05, 0.1) is 6.61 Å². The lowest BCUT2D eigenvalue weighted by atomic mass is 10.0. The molecule has 0 aromatic heterocycles. The van der Waals surface area contributed by atoms with Gasteiger partial charge < -0.3 is 10.2 Å². The van der Waals surface area contributed by atoms with Crippen molar-refractivity contribution in [3.63, 3.8) is 0 Å². The molecule has 0 aliphatic heterocycles. The van der Waals surface area contributed by atoms with Crippen LogP contribution >= 0.6 is 0 Å². The fourth-order valence-electron chi connectivity index (χ4n) is 0.739. The first-order valence-corrected chi connectivity index (χ1v) is 3.36. The summed E-state index contributed by atoms with van der Waals surface area (Å²) in [5.41, 5.74) is -1.38. The summed E-state index contributed by atoms with van der Waals surface area (Å²) in [5.74, 6) is -1.11. The average molecular weight is 159 g/mol. The highest BCUT2D eigenvalue weighted by atomic mass is 16.4. The summed E-state index contributed by atoms with van der Waals surface area (Å²) in [4.78, 5) is 10.6. The van der Waals surface area contributed by atoms with Crippen LogP contribution in [0.4, 0.5) is 0 Å². The molecule has 0 saturated carbocycles. The zero-order chi connectivity index (χ0) is 8.91. The van der Waals surface area contributed by atoms with Crippen molar-refractivity contribution in [2.75, 3.05) is 13.2 Å². The van der Waals surface area contributed by atoms with Gasteiger partial charge in [-0.3, -0.25) is 5.32 Å². The molecule has 1 atom stereocenters. The van der Waals surface area contributed by atoms with E-state index >= 15 is 0 Å². The molecule has 0 saturated heterocycles. The van der Waals surface area contributed by atoms with E-state index in [2.05, 4.69) is 11.9 Å². The first-order valence-electron chi connectivity index (χ1n) is 3.36. The van der Waals surface area contributed by atoms with Crippen LogP contribution in [0.3, 0.4) is 0 Å². The SMILES string of the molecule is C=C[C@](CO)(NCC)C(=O)O. The third-order valence-electron chi connectivity index (χ3n) is 1.47. The van der Waals surface area contributed by atoms with Gasteiger partial charge in [-0.05, 0) is 6.54 Å². The first-order chi connectivity index (χ1) is 5.13. The Labute approximate surface area is 65.5 Å². The summed E-state index contributed by atoms with van der Waals surface area (Å²) in [6.45, 7) is 5.09. The first kappa shape index (κ1) is 10.1. The molecule has 0 amide bonds. The van der Waals surface area contributed by atoms with Crippen LogP contribution < -0.4 is 5.32 Å². The highest BCUT2D eigenvalue weighted by molar-refractivity contribution is 5.81. The number of hydrogen-bond donors (Lipinski definition) is 3. The quantitative estimate of drug-likeness (QED) is 0.477. The predicted octanol–water partition coefficient (Wildman–Crippen LogP) is -0.402. The second-order valence-electron chi connectivity index (χ2n) is 2.17. The van der Waals surface area contributed by atoms with Crippen molar-refractivity contribution in [3.05, 3.63) is 12.7 Å². The zero-order valence-electron chi connectivity index (χ0n) is 6.50. The van der Waals surface area contributed by atoms with E-state index in [0.29, 0.717) is 6.54 Å². The van der Waals surface area contributed by atoms with Gasteiger partial charge in [0.2, 0.25) is 0 Å². The number of nitrogens with one attached hydrogen (secondary N) is 1. The van der Waals surface area contributed by atoms with Crippen LogP contribution in [0.5, 0.6) is 0 Å². The molecular formula is C7H13NO3. The summed E-state index contributed by atoms with van der Waals surface area (Å²) in [6, 6.07) is 0. The number of rotatable bonds is 5. The molecule has 0 aromatic carbocycles. The predicted molar refractivity (Wildman–Crippen MR) is 41.3 cm³/mol. The highest BCUT2D eigenvalue weighted by Crippen LogP contribution is 2.04. The lowest BCUT2D eigenvalue weighted by Crippen LogP contribution is -2.53. The van der Waals surface area contributed by atoms with E-state index in [1.165, 1.54) is 6.08 Å². The maximum absolute atomic E-state index is 10.6. The lowest BCUT2D eigenvalue weighted by molar-refractivity contribution is -0.144. The Morgan fingerprint density at radius 3 is 2.45 bits per heavy atom. The van der Waals surface area contributed by atoms with Crippen LogP contribution in [-0.2, 0) is 4.79 Å². The molecule has 0 bridgehead atoms. The number of carboxylic acid groups (broad SMARTS) is 1. The summed E-state index contributed by atoms with van der Waals surface area (Å²) >= 11 is 0. The molecule has 0 aromatic rings. The van der Waals surface area contributed by atoms with Gasteiger partial charge in [0, 0.05) is 0 Å². The molecule has 0 fully saturated rings. The van der Waals surface area contributed by atoms with E-state index in [9.17, 15) is 4.79 Å². The molecule has 11 heavy (non-hydrogen) atoms. The molecular weight excluding hydrogens is 146 g/mol. The Balaban J connectivity index is 4.45. The van der Waals surface area contributed by atoms with Gasteiger partial charge >= 0.3 is 5.97 Å². The fourth-order valence-corrected chi connectivity index (χ4v) is 0.739. The van der Waals surface area contributed by atoms with Crippen molar-refractivity contribution in [2.24, 2.45) is 0 Å². The van der Waals surface area contributed by atoms with E-state index in [0.717, 1.165) is 0 Å². The minimum atomic E-state index is -1.38. The smallest absolute Gasteiger partial charge is 0.330 e. The molecule has 0 heterocycles. The Morgan fingerprint density at radius 1 is 1.82 bits per heavy atom. The van der Waals surface area contributed by atoms with Crippen LogP contribution in [0.25, 0.3) is 0 Å². The Morgan fingerprint density at radius 2 is 2.36 bits per heavy atom. The van der Waals surface area contributed by atoms with Gasteiger partial charge in [-0.15, -0.1) is 6.58 Å². The van der Waals surface area contributed by atoms with Gasteiger partial charge in [0.1, 0.15) is 0 Å². The van der Waals surface area contributed by atoms with Gasteiger partial charge in [-0.1, -0.05) is 13.0 Å². The molecule has 4 nitrogen and oxygen atoms in total. The highest BCUT2D eigenvalue weighted by Gasteiger charge is 2.33. The molecule has 0 radical (unpaired) electrons. The van der Waals surface area contributed by atoms with Crippen molar-refractivity contribution in [1.29, 1.82) is 0 Å². The summed E-state index contributed by atoms with van der Waals surface area (Å²) < 4.78 is 0. The maximum atomic E-state index is 10.6. The van der Waals surface area contributed by atoms with Crippen molar-refractivity contribution >= 4 is 5.97 Å². The molecule has 64 valence electrons. The minimum Gasteiger partial charge on any atom is -0.480 e. The summed E-state index contributed by atoms with van der Waals surface area (Å²) in [7, 11) is 0. The van der Waals surface area contributed by atoms with Crippen LogP contribution in [-0.4, -0.2) is 34.9 Å². The molecule has 0 aliphatic carbocycles. The average Bonchev–Trinajstić information content (AvgIpc) is 2.00. The van der Waals surface area contributed by atoms with Crippen molar-refractivity contribution in [1.82, 2.24) is 5.32 Å². The number of carboxylic acids is 1. The van der Waals surface area contributed by atoms with Crippen molar-refractivity contribution in [3.8, 4) is 0 Å². The number of aliphatic hydroxyl groups excluding tert-OH is 1. The number of carbonyl (C=O) groups is 1. The van der Waals surface area contributed by atoms with Crippen molar-refractivity contribution < 1.29 is 15.0 Å². The Hall–Kier alpha value is -0.870. The Kier molecular flexibility index (Phi) is 3.78. The van der Waals surface area contributed by atoms with Crippen LogP contribution in [0.1, 0.15) is 6.92 Å². The maximum Gasteiger partial charge on any atom is 0.330 e. The van der Waals surface area contributed by atoms with Crippen molar-refractivity contribution in [2.45, 2.75) is 12.5 Å². The molecule has 0 rings (SSSR count). The lowest BCUT2D eigenvalue weighted by Gasteiger charge is -2.23. The van der Waals surface area contributed by atoms with Gasteiger partial charge in [-0.2, -0.15) is 0 Å². The van der Waals surface area contributed by atoms with Gasteiger partial charge in [0.15, 0.2) is 5.54 Å². The fraction of sp³-hybridized carbons (Fsp3) is 0.571. The summed E-state index contributed by atoms with van der Waals surface area (Å²) in [5, 5.41) is 20.1. The second-order valence-corrected chi connectivity index (χ2v) is 2.17. The van der Waals surface area contributed by atoms with Gasteiger partial charge in [0.25, 0.3) is 0 Å². The van der Waals surface area contributed by atoms with E-state index in [1.54, 1.807) is 6.92 Å². The topological polar surface area (TPSA) is 69.6 Å². The summed E-state index contributed by atoms with van der Waals surface area (Å²) in [6.07, 6.45) is 1.19. The third kappa shape index (κ3) is 2.03. The monoisotopic (exact) mass is 159 g/mol. The molecule has 0 unspecified atom stereocenters. The Bertz CT molecular complexity index is 158. The molecule has 4 heteroatoms. The van der Waals surface area contributed by atoms with E-state index in [4.69, 9.17) is 10.2 Å². The second kappa shape index (κ2) is 4.10. The molecule has 3 N–H and O–H groups in total. The normalized spacial score (nSPS) is 15.5.